The molecule has 0 fully saturated rings. The number of esters is 2. The maximum absolute atomic E-state index is 11.4. The zero-order chi connectivity index (χ0) is 23.3. The van der Waals surface area contributed by atoms with Gasteiger partial charge in [-0.3, -0.25) is 0 Å². The Bertz CT molecular complexity index is 1090. The maximum atomic E-state index is 11.4. The molecular weight excluding hydrogens is 412 g/mol. The molecule has 31 heavy (non-hydrogen) atoms. The lowest BCUT2D eigenvalue weighted by molar-refractivity contribution is 0.0442. The highest BCUT2D eigenvalue weighted by molar-refractivity contribution is 6.18. The lowest BCUT2D eigenvalue weighted by Crippen LogP contribution is -2.14. The highest BCUT2D eigenvalue weighted by Crippen LogP contribution is 2.22. The lowest BCUT2D eigenvalue weighted by atomic mass is 10.0. The predicted octanol–water partition coefficient (Wildman–Crippen LogP) is 1.67. The molecule has 0 unspecified atom stereocenters. The van der Waals surface area contributed by atoms with Gasteiger partial charge in [0.05, 0.1) is 34.0 Å². The van der Waals surface area contributed by atoms with Crippen molar-refractivity contribution in [1.82, 2.24) is 5.01 Å². The highest BCUT2D eigenvalue weighted by atomic mass is 16.6. The van der Waals surface area contributed by atoms with Crippen molar-refractivity contribution in [2.75, 3.05) is 14.1 Å². The average molecular weight is 428 g/mol. The number of ether oxygens (including phenoxy) is 1. The minimum atomic E-state index is -1.58. The van der Waals surface area contributed by atoms with Crippen LogP contribution in [0.15, 0.2) is 41.5 Å². The molecule has 11 nitrogen and oxygen atoms in total. The van der Waals surface area contributed by atoms with Gasteiger partial charge in [-0.05, 0) is 18.2 Å². The van der Waals surface area contributed by atoms with Crippen LogP contribution in [-0.2, 0) is 4.74 Å². The molecule has 0 aliphatic carbocycles. The molecule has 1 aliphatic rings. The van der Waals surface area contributed by atoms with Crippen LogP contribution in [0, 0.1) is 0 Å². The first-order chi connectivity index (χ1) is 14.5. The van der Waals surface area contributed by atoms with Gasteiger partial charge >= 0.3 is 29.8 Å². The lowest BCUT2D eigenvalue weighted by Gasteiger charge is -2.04. The first-order valence-electron chi connectivity index (χ1n) is 8.48. The quantitative estimate of drug-likeness (QED) is 0.275. The van der Waals surface area contributed by atoms with Gasteiger partial charge in [0.25, 0.3) is 0 Å². The van der Waals surface area contributed by atoms with E-state index in [-0.39, 0.29) is 5.56 Å². The van der Waals surface area contributed by atoms with Crippen molar-refractivity contribution in [1.29, 1.82) is 0 Å². The van der Waals surface area contributed by atoms with Gasteiger partial charge in [-0.25, -0.2) is 24.0 Å². The van der Waals surface area contributed by atoms with E-state index >= 15 is 0 Å². The number of carbonyl (C=O) groups is 5. The van der Waals surface area contributed by atoms with Gasteiger partial charge in [0.15, 0.2) is 0 Å². The molecular formula is C20H16N2O9. The summed E-state index contributed by atoms with van der Waals surface area (Å²) in [6, 6.07) is 8.23. The Labute approximate surface area is 174 Å². The van der Waals surface area contributed by atoms with Gasteiger partial charge in [-0.1, -0.05) is 18.2 Å². The smallest absolute Gasteiger partial charge is 0.347 e. The summed E-state index contributed by atoms with van der Waals surface area (Å²) in [6.45, 7) is 0. The first kappa shape index (κ1) is 22.7. The molecule has 0 amide bonds. The molecule has 0 spiro atoms. The summed E-state index contributed by atoms with van der Waals surface area (Å²) in [6.07, 6.45) is 1.53. The molecule has 2 aromatic rings. The Kier molecular flexibility index (Phi) is 6.83. The van der Waals surface area contributed by atoms with Crippen molar-refractivity contribution < 1.29 is 44.0 Å². The molecule has 3 N–H and O–H groups in total. The summed E-state index contributed by atoms with van der Waals surface area (Å²) in [7, 11) is 3.53. The minimum absolute atomic E-state index is 0.290. The average Bonchev–Trinajstić information content (AvgIpc) is 3.00. The topological polar surface area (TPSA) is 171 Å². The summed E-state index contributed by atoms with van der Waals surface area (Å²) in [4.78, 5) is 54.7. The van der Waals surface area contributed by atoms with Gasteiger partial charge in [0, 0.05) is 19.7 Å². The van der Waals surface area contributed by atoms with Crippen molar-refractivity contribution in [2.45, 2.75) is 0 Å². The second-order valence-electron chi connectivity index (χ2n) is 6.18. The number of hydrogen-bond donors (Lipinski definition) is 3. The van der Waals surface area contributed by atoms with E-state index < -0.39 is 46.5 Å². The monoisotopic (exact) mass is 428 g/mol. The molecule has 1 aliphatic heterocycles. The molecule has 11 heteroatoms. The van der Waals surface area contributed by atoms with Gasteiger partial charge < -0.3 is 25.1 Å². The number of cyclic esters (lactones) is 2. The molecule has 3 rings (SSSR count). The van der Waals surface area contributed by atoms with E-state index in [4.69, 9.17) is 15.3 Å². The van der Waals surface area contributed by atoms with Crippen LogP contribution in [0.3, 0.4) is 0 Å². The van der Waals surface area contributed by atoms with E-state index in [0.717, 1.165) is 12.1 Å². The Morgan fingerprint density at radius 2 is 1.42 bits per heavy atom. The maximum Gasteiger partial charge on any atom is 0.347 e. The SMILES string of the molecule is CN(C)/N=C\c1cccc2c1C(=O)OC2=O.O=C(O)c1cccc(C(=O)O)c1C(=O)O. The zero-order valence-electron chi connectivity index (χ0n) is 16.2. The molecule has 0 radical (unpaired) electrons. The van der Waals surface area contributed by atoms with E-state index in [2.05, 4.69) is 9.84 Å². The molecule has 0 atom stereocenters. The van der Waals surface area contributed by atoms with Crippen LogP contribution < -0.4 is 0 Å². The van der Waals surface area contributed by atoms with Crippen molar-refractivity contribution in [3.63, 3.8) is 0 Å². The summed E-state index contributed by atoms with van der Waals surface area (Å²) in [5.41, 5.74) is -0.616. The van der Waals surface area contributed by atoms with Crippen LogP contribution in [-0.4, -0.2) is 70.5 Å². The van der Waals surface area contributed by atoms with Gasteiger partial charge in [-0.15, -0.1) is 0 Å². The number of hydrazone groups is 1. The van der Waals surface area contributed by atoms with Crippen LogP contribution in [0.1, 0.15) is 57.4 Å². The Morgan fingerprint density at radius 1 is 0.871 bits per heavy atom. The Hall–Kier alpha value is -4.54. The summed E-state index contributed by atoms with van der Waals surface area (Å²) >= 11 is 0. The van der Waals surface area contributed by atoms with Crippen molar-refractivity contribution >= 4 is 36.1 Å². The molecule has 0 bridgehead atoms. The number of carboxylic acid groups (broad SMARTS) is 3. The number of carboxylic acids is 3. The standard InChI is InChI=1S/C11H10N2O3.C9H6O6/c1-13(2)12-6-7-4-3-5-8-9(7)11(15)16-10(8)14;10-7(11)4-2-1-3-5(8(12)13)6(4)9(14)15/h3-6H,1-2H3;1-3H,(H,10,11)(H,12,13)(H,14,15)/b12-6-;. The van der Waals surface area contributed by atoms with Crippen molar-refractivity contribution in [3.8, 4) is 0 Å². The third-order valence-corrected chi connectivity index (χ3v) is 3.87. The normalized spacial score (nSPS) is 11.9. The third kappa shape index (κ3) is 5.09. The number of fused-ring (bicyclic) bond motifs is 1. The van der Waals surface area contributed by atoms with Crippen LogP contribution in [0.4, 0.5) is 0 Å². The van der Waals surface area contributed by atoms with Crippen LogP contribution >= 0.6 is 0 Å². The molecule has 0 aromatic heterocycles. The fourth-order valence-electron chi connectivity index (χ4n) is 2.58. The molecule has 0 saturated carbocycles. The second-order valence-corrected chi connectivity index (χ2v) is 6.18. The fourth-order valence-corrected chi connectivity index (χ4v) is 2.58. The van der Waals surface area contributed by atoms with E-state index in [1.54, 1.807) is 37.3 Å². The van der Waals surface area contributed by atoms with Gasteiger partial charge in [-0.2, -0.15) is 5.10 Å². The van der Waals surface area contributed by atoms with E-state index in [0.29, 0.717) is 11.1 Å². The summed E-state index contributed by atoms with van der Waals surface area (Å²) in [5.74, 6) is -5.74. The summed E-state index contributed by atoms with van der Waals surface area (Å²) < 4.78 is 4.53. The molecule has 2 aromatic carbocycles. The van der Waals surface area contributed by atoms with Crippen molar-refractivity contribution in [3.05, 3.63) is 69.8 Å². The molecule has 1 heterocycles. The first-order valence-corrected chi connectivity index (χ1v) is 8.48. The number of rotatable bonds is 5. The van der Waals surface area contributed by atoms with E-state index in [9.17, 15) is 24.0 Å². The van der Waals surface area contributed by atoms with Crippen molar-refractivity contribution in [2.24, 2.45) is 5.10 Å². The number of hydrogen-bond acceptors (Lipinski definition) is 8. The van der Waals surface area contributed by atoms with Gasteiger partial charge in [0.2, 0.25) is 0 Å². The zero-order valence-corrected chi connectivity index (χ0v) is 16.2. The van der Waals surface area contributed by atoms with Crippen LogP contribution in [0.5, 0.6) is 0 Å². The molecule has 0 saturated heterocycles. The van der Waals surface area contributed by atoms with Crippen LogP contribution in [0.2, 0.25) is 0 Å². The largest absolute Gasteiger partial charge is 0.478 e. The molecule has 160 valence electrons. The minimum Gasteiger partial charge on any atom is -0.478 e. The highest BCUT2D eigenvalue weighted by Gasteiger charge is 2.31. The summed E-state index contributed by atoms with van der Waals surface area (Å²) in [5, 5.41) is 31.7. The third-order valence-electron chi connectivity index (χ3n) is 3.87. The van der Waals surface area contributed by atoms with Gasteiger partial charge in [0.1, 0.15) is 0 Å². The Morgan fingerprint density at radius 3 is 1.90 bits per heavy atom. The second kappa shape index (κ2) is 9.31. The number of carbonyl (C=O) groups excluding carboxylic acids is 2. The van der Waals surface area contributed by atoms with E-state index in [1.807, 2.05) is 0 Å². The number of benzene rings is 2. The number of aromatic carboxylic acids is 3. The number of nitrogens with zero attached hydrogens (tertiary/aromatic N) is 2. The van der Waals surface area contributed by atoms with E-state index in [1.165, 1.54) is 12.3 Å². The fraction of sp³-hybridized carbons (Fsp3) is 0.100. The van der Waals surface area contributed by atoms with Crippen LogP contribution in [0.25, 0.3) is 0 Å². The predicted molar refractivity (Wildman–Crippen MR) is 105 cm³/mol. The Balaban J connectivity index is 0.000000221.